The molecule has 0 aliphatic heterocycles. The van der Waals surface area contributed by atoms with Crippen molar-refractivity contribution in [1.29, 1.82) is 0 Å². The van der Waals surface area contributed by atoms with Crippen molar-refractivity contribution in [2.45, 2.75) is 4.34 Å². The van der Waals surface area contributed by atoms with Gasteiger partial charge in [-0.2, -0.15) is 0 Å². The minimum absolute atomic E-state index is 0.0439. The predicted octanol–water partition coefficient (Wildman–Crippen LogP) is 5.24. The van der Waals surface area contributed by atoms with Gasteiger partial charge in [-0.1, -0.05) is 30.0 Å². The highest BCUT2D eigenvalue weighted by atomic mass is 32.2. The van der Waals surface area contributed by atoms with Crippen molar-refractivity contribution < 1.29 is 14.5 Å². The van der Waals surface area contributed by atoms with Gasteiger partial charge in [0.25, 0.3) is 5.69 Å². The number of amides is 1. The van der Waals surface area contributed by atoms with Crippen LogP contribution in [0.25, 0.3) is 10.2 Å². The maximum absolute atomic E-state index is 12.1. The first kappa shape index (κ1) is 23.4. The first-order chi connectivity index (χ1) is 16.6. The third-order valence-corrected chi connectivity index (χ3v) is 6.74. The fourth-order valence-electron chi connectivity index (χ4n) is 2.92. The summed E-state index contributed by atoms with van der Waals surface area (Å²) in [6.45, 7) is 0.842. The van der Waals surface area contributed by atoms with E-state index >= 15 is 0 Å². The van der Waals surface area contributed by atoms with Crippen LogP contribution in [-0.2, 0) is 4.79 Å². The zero-order chi connectivity index (χ0) is 23.8. The number of nitrogens with one attached hydrogen (secondary N) is 1. The molecule has 4 rings (SSSR count). The number of benzene rings is 3. The van der Waals surface area contributed by atoms with E-state index in [4.69, 9.17) is 4.74 Å². The lowest BCUT2D eigenvalue weighted by Gasteiger charge is -2.07. The maximum Gasteiger partial charge on any atom is 0.269 e. The highest BCUT2D eigenvalue weighted by Gasteiger charge is 2.09. The van der Waals surface area contributed by atoms with Crippen LogP contribution in [0.5, 0.6) is 5.75 Å². The van der Waals surface area contributed by atoms with E-state index in [2.05, 4.69) is 15.3 Å². The molecule has 0 aliphatic rings. The van der Waals surface area contributed by atoms with Crippen molar-refractivity contribution in [2.24, 2.45) is 4.99 Å². The quantitative estimate of drug-likeness (QED) is 0.107. The number of nitrogens with zero attached hydrogens (tertiary/aromatic N) is 3. The summed E-state index contributed by atoms with van der Waals surface area (Å²) in [5, 5.41) is 13.6. The number of rotatable bonds is 10. The minimum atomic E-state index is -0.432. The molecule has 1 amide bonds. The average molecular weight is 493 g/mol. The van der Waals surface area contributed by atoms with Gasteiger partial charge in [-0.3, -0.25) is 19.9 Å². The van der Waals surface area contributed by atoms with E-state index in [1.807, 2.05) is 48.5 Å². The van der Waals surface area contributed by atoms with Crippen LogP contribution >= 0.6 is 23.1 Å². The number of fused-ring (bicyclic) bond motifs is 1. The summed E-state index contributed by atoms with van der Waals surface area (Å²) in [5.41, 5.74) is 2.41. The predicted molar refractivity (Wildman–Crippen MR) is 136 cm³/mol. The van der Waals surface area contributed by atoms with E-state index in [-0.39, 0.29) is 17.3 Å². The fraction of sp³-hybridized carbons (Fsp3) is 0.125. The van der Waals surface area contributed by atoms with Crippen LogP contribution in [0.15, 0.2) is 82.1 Å². The van der Waals surface area contributed by atoms with Crippen LogP contribution in [0.2, 0.25) is 0 Å². The van der Waals surface area contributed by atoms with Crippen molar-refractivity contribution in [3.05, 3.63) is 88.5 Å². The highest BCUT2D eigenvalue weighted by molar-refractivity contribution is 8.01. The van der Waals surface area contributed by atoms with Gasteiger partial charge >= 0.3 is 0 Å². The summed E-state index contributed by atoms with van der Waals surface area (Å²) in [6.07, 6.45) is 1.66. The van der Waals surface area contributed by atoms with Crippen molar-refractivity contribution in [1.82, 2.24) is 10.3 Å². The molecule has 172 valence electrons. The van der Waals surface area contributed by atoms with Crippen LogP contribution < -0.4 is 10.1 Å². The number of carbonyl (C=O) groups excluding carboxylic acids is 1. The van der Waals surface area contributed by atoms with Crippen molar-refractivity contribution >= 4 is 56.8 Å². The molecule has 0 bridgehead atoms. The molecule has 0 atom stereocenters. The van der Waals surface area contributed by atoms with Gasteiger partial charge in [0, 0.05) is 18.3 Å². The summed E-state index contributed by atoms with van der Waals surface area (Å²) >= 11 is 2.89. The normalized spacial score (nSPS) is 11.1. The molecule has 1 aromatic heterocycles. The van der Waals surface area contributed by atoms with Crippen LogP contribution in [-0.4, -0.2) is 40.9 Å². The standard InChI is InChI=1S/C24H20N4O4S2/c29-23(25-12-13-32-20-4-2-1-3-5-20)16-33-24-27-21-11-8-18(14-22(21)34-24)26-15-17-6-9-19(10-7-17)28(30)31/h1-11,14-15H,12-13,16H2,(H,25,29). The van der Waals surface area contributed by atoms with Gasteiger partial charge in [-0.15, -0.1) is 11.3 Å². The molecule has 0 fully saturated rings. The number of thioether (sulfide) groups is 1. The Morgan fingerprint density at radius 2 is 1.94 bits per heavy atom. The van der Waals surface area contributed by atoms with Crippen LogP contribution in [0.3, 0.4) is 0 Å². The second-order valence-corrected chi connectivity index (χ2v) is 9.29. The van der Waals surface area contributed by atoms with E-state index in [0.717, 1.165) is 31.6 Å². The molecule has 0 radical (unpaired) electrons. The van der Waals surface area contributed by atoms with Crippen molar-refractivity contribution in [2.75, 3.05) is 18.9 Å². The number of non-ortho nitro benzene ring substituents is 1. The summed E-state index contributed by atoms with van der Waals surface area (Å²) in [6, 6.07) is 21.3. The lowest BCUT2D eigenvalue weighted by molar-refractivity contribution is -0.384. The number of thiazole rings is 1. The zero-order valence-electron chi connectivity index (χ0n) is 17.9. The van der Waals surface area contributed by atoms with Gasteiger partial charge in [-0.25, -0.2) is 4.98 Å². The topological polar surface area (TPSA) is 107 Å². The SMILES string of the molecule is O=C(CSc1nc2ccc(N=Cc3ccc([N+](=O)[O-])cc3)cc2s1)NCCOc1ccccc1. The molecular weight excluding hydrogens is 472 g/mol. The van der Waals surface area contributed by atoms with Gasteiger partial charge in [0.05, 0.1) is 33.1 Å². The molecule has 1 heterocycles. The monoisotopic (exact) mass is 492 g/mol. The first-order valence-corrected chi connectivity index (χ1v) is 12.1. The Morgan fingerprint density at radius 1 is 1.15 bits per heavy atom. The molecule has 8 nitrogen and oxygen atoms in total. The van der Waals surface area contributed by atoms with E-state index in [1.165, 1.54) is 35.2 Å². The van der Waals surface area contributed by atoms with E-state index in [1.54, 1.807) is 18.3 Å². The second kappa shape index (κ2) is 11.4. The Balaban J connectivity index is 1.27. The molecule has 0 spiro atoms. The van der Waals surface area contributed by atoms with E-state index in [9.17, 15) is 14.9 Å². The molecule has 4 aromatic rings. The smallest absolute Gasteiger partial charge is 0.269 e. The molecule has 0 unspecified atom stereocenters. The number of aliphatic imine (C=N–C) groups is 1. The Labute approximate surface area is 203 Å². The molecule has 34 heavy (non-hydrogen) atoms. The van der Waals surface area contributed by atoms with E-state index in [0.29, 0.717) is 13.2 Å². The summed E-state index contributed by atoms with van der Waals surface area (Å²) < 4.78 is 7.34. The molecule has 1 N–H and O–H groups in total. The third-order valence-electron chi connectivity index (χ3n) is 4.58. The van der Waals surface area contributed by atoms with Crippen LogP contribution in [0.4, 0.5) is 11.4 Å². The van der Waals surface area contributed by atoms with Crippen LogP contribution in [0.1, 0.15) is 5.56 Å². The van der Waals surface area contributed by atoms with Gasteiger partial charge in [-0.05, 0) is 48.0 Å². The number of hydrogen-bond donors (Lipinski definition) is 1. The third kappa shape index (κ3) is 6.63. The number of para-hydroxylation sites is 1. The molecule has 10 heteroatoms. The largest absolute Gasteiger partial charge is 0.492 e. The summed E-state index contributed by atoms with van der Waals surface area (Å²) in [5.74, 6) is 0.974. The van der Waals surface area contributed by atoms with Crippen molar-refractivity contribution in [3.63, 3.8) is 0 Å². The molecule has 0 saturated heterocycles. The first-order valence-electron chi connectivity index (χ1n) is 10.3. The van der Waals surface area contributed by atoms with E-state index < -0.39 is 4.92 Å². The number of nitro groups is 1. The average Bonchev–Trinajstić information content (AvgIpc) is 3.27. The Morgan fingerprint density at radius 3 is 2.71 bits per heavy atom. The Kier molecular flexibility index (Phi) is 7.84. The van der Waals surface area contributed by atoms with Gasteiger partial charge in [0.15, 0.2) is 4.34 Å². The lowest BCUT2D eigenvalue weighted by Crippen LogP contribution is -2.29. The molecule has 3 aromatic carbocycles. The fourth-order valence-corrected chi connectivity index (χ4v) is 4.85. The zero-order valence-corrected chi connectivity index (χ0v) is 19.6. The number of nitro benzene ring substituents is 1. The Bertz CT molecular complexity index is 1310. The summed E-state index contributed by atoms with van der Waals surface area (Å²) in [7, 11) is 0. The number of aromatic nitrogens is 1. The number of hydrogen-bond acceptors (Lipinski definition) is 8. The molecular formula is C24H20N4O4S2. The minimum Gasteiger partial charge on any atom is -0.492 e. The van der Waals surface area contributed by atoms with Gasteiger partial charge in [0.1, 0.15) is 12.4 Å². The second-order valence-electron chi connectivity index (χ2n) is 7.04. The summed E-state index contributed by atoms with van der Waals surface area (Å²) in [4.78, 5) is 31.4. The Hall–Kier alpha value is -3.76. The molecule has 0 saturated carbocycles. The van der Waals surface area contributed by atoms with Crippen molar-refractivity contribution in [3.8, 4) is 5.75 Å². The maximum atomic E-state index is 12.1. The lowest BCUT2D eigenvalue weighted by atomic mass is 10.2. The highest BCUT2D eigenvalue weighted by Crippen LogP contribution is 2.32. The van der Waals surface area contributed by atoms with Gasteiger partial charge in [0.2, 0.25) is 5.91 Å². The molecule has 0 aliphatic carbocycles. The van der Waals surface area contributed by atoms with Crippen LogP contribution in [0, 0.1) is 10.1 Å². The number of ether oxygens (including phenoxy) is 1. The number of carbonyl (C=O) groups is 1. The van der Waals surface area contributed by atoms with Gasteiger partial charge < -0.3 is 10.1 Å².